The molecule has 6 aliphatic rings. The molecular formula is C50H63N3O6. The summed E-state index contributed by atoms with van der Waals surface area (Å²) >= 11 is 0. The van der Waals surface area contributed by atoms with Crippen molar-refractivity contribution in [1.29, 1.82) is 0 Å². The Hall–Kier alpha value is -4.21. The van der Waals surface area contributed by atoms with Crippen LogP contribution in [0.2, 0.25) is 0 Å². The second-order valence-electron chi connectivity index (χ2n) is 19.2. The van der Waals surface area contributed by atoms with E-state index in [2.05, 4.69) is 49.3 Å². The average molecular weight is 802 g/mol. The fourth-order valence-corrected chi connectivity index (χ4v) is 12.6. The van der Waals surface area contributed by atoms with Gasteiger partial charge < -0.3 is 20.2 Å². The average Bonchev–Trinajstić information content (AvgIpc) is 3.75. The minimum absolute atomic E-state index is 0.0217. The maximum Gasteiger partial charge on any atom is 0.242 e. The number of hydrogen-bond donors (Lipinski definition) is 2. The number of allylic oxidation sites excluding steroid dienone is 3. The number of Topliss-reactive ketones (excluding diaryl/α,β-unsaturated/α-hetero) is 2. The van der Waals surface area contributed by atoms with Crippen LogP contribution in [0.4, 0.5) is 0 Å². The normalized spacial score (nSPS) is 33.0. The summed E-state index contributed by atoms with van der Waals surface area (Å²) in [7, 11) is 0. The highest BCUT2D eigenvalue weighted by Crippen LogP contribution is 2.65. The Kier molecular flexibility index (Phi) is 11.7. The third-order valence-electron chi connectivity index (χ3n) is 15.7. The van der Waals surface area contributed by atoms with Crippen LogP contribution in [0.1, 0.15) is 120 Å². The van der Waals surface area contributed by atoms with Crippen LogP contribution in [0.25, 0.3) is 0 Å². The minimum atomic E-state index is -0.836. The van der Waals surface area contributed by atoms with Crippen molar-refractivity contribution >= 4 is 29.2 Å². The molecule has 2 aromatic carbocycles. The molecule has 314 valence electrons. The number of hydrogen-bond acceptors (Lipinski definition) is 7. The minimum Gasteiger partial charge on any atom is -0.365 e. The number of ether oxygens (including phenoxy) is 1. The third kappa shape index (κ3) is 7.94. The molecule has 1 spiro atoms. The molecule has 9 heteroatoms. The molecule has 2 saturated carbocycles. The van der Waals surface area contributed by atoms with Crippen molar-refractivity contribution in [2.24, 2.45) is 35.0 Å². The van der Waals surface area contributed by atoms with Gasteiger partial charge in [-0.2, -0.15) is 0 Å². The Bertz CT molecular complexity index is 2040. The van der Waals surface area contributed by atoms with Crippen LogP contribution in [-0.4, -0.2) is 77.5 Å². The molecule has 0 bridgehead atoms. The number of benzene rings is 2. The van der Waals surface area contributed by atoms with E-state index in [1.54, 1.807) is 29.8 Å². The highest BCUT2D eigenvalue weighted by molar-refractivity contribution is 6.09. The number of likely N-dealkylation sites (tertiary alicyclic amines) is 1. The molecule has 9 nitrogen and oxygen atoms in total. The van der Waals surface area contributed by atoms with E-state index in [9.17, 15) is 24.0 Å². The molecule has 2 N–H and O–H groups in total. The van der Waals surface area contributed by atoms with Crippen LogP contribution in [0.5, 0.6) is 0 Å². The summed E-state index contributed by atoms with van der Waals surface area (Å²) in [6.45, 7) is 13.0. The first kappa shape index (κ1) is 41.5. The van der Waals surface area contributed by atoms with Crippen molar-refractivity contribution in [2.75, 3.05) is 19.6 Å². The molecule has 8 rings (SSSR count). The molecular weight excluding hydrogens is 739 g/mol. The van der Waals surface area contributed by atoms with Crippen LogP contribution in [-0.2, 0) is 30.3 Å². The second-order valence-corrected chi connectivity index (χ2v) is 19.2. The number of piperidine rings is 1. The topological polar surface area (TPSA) is 122 Å². The lowest BCUT2D eigenvalue weighted by atomic mass is 9.57. The van der Waals surface area contributed by atoms with Crippen molar-refractivity contribution in [2.45, 2.75) is 129 Å². The lowest BCUT2D eigenvalue weighted by Crippen LogP contribution is -2.55. The van der Waals surface area contributed by atoms with Gasteiger partial charge in [0.25, 0.3) is 0 Å². The zero-order chi connectivity index (χ0) is 41.6. The number of ketones is 3. The molecule has 0 radical (unpaired) electrons. The van der Waals surface area contributed by atoms with Gasteiger partial charge in [-0.25, -0.2) is 0 Å². The molecule has 2 heterocycles. The Labute approximate surface area is 350 Å². The van der Waals surface area contributed by atoms with Crippen molar-refractivity contribution in [3.05, 3.63) is 94.1 Å². The van der Waals surface area contributed by atoms with Gasteiger partial charge in [0.05, 0.1) is 11.7 Å². The maximum absolute atomic E-state index is 13.9. The van der Waals surface area contributed by atoms with Gasteiger partial charge >= 0.3 is 0 Å². The van der Waals surface area contributed by atoms with Crippen molar-refractivity contribution < 1.29 is 28.7 Å². The van der Waals surface area contributed by atoms with E-state index in [1.165, 1.54) is 18.1 Å². The molecule has 10 atom stereocenters. The van der Waals surface area contributed by atoms with Crippen LogP contribution in [0.3, 0.4) is 0 Å². The van der Waals surface area contributed by atoms with Crippen molar-refractivity contribution in [3.63, 3.8) is 0 Å². The maximum atomic E-state index is 13.9. The van der Waals surface area contributed by atoms with Crippen molar-refractivity contribution in [1.82, 2.24) is 15.5 Å². The first-order valence-corrected chi connectivity index (χ1v) is 22.4. The standard InChI is InChI=1S/C50H63N3O6/c1-30-25-44-46(33(4)50(59-44)22-20-39-40-17-16-37-27-38(55)19-21-49(37,5)42(40)28-41(39)32(50)3)53(29-30)24-23-51-48(58)43(52-45(56)18-11-31(2)54)26-34-12-14-36(15-13-34)47(57)35-9-7-6-8-10-35/h6-10,12-16,30,33,39-40,42-44,46H,11,17-29H2,1-5H3,(H,51,58)(H,52,56)/t30-,33+,39-,40-,42-,43-,44+,46-,49-,50-/m0/s1. The highest BCUT2D eigenvalue weighted by atomic mass is 16.5. The summed E-state index contributed by atoms with van der Waals surface area (Å²) in [4.78, 5) is 66.5. The van der Waals surface area contributed by atoms with E-state index in [-0.39, 0.29) is 65.8 Å². The predicted molar refractivity (Wildman–Crippen MR) is 227 cm³/mol. The Morgan fingerprint density at radius 1 is 0.983 bits per heavy atom. The predicted octanol–water partition coefficient (Wildman–Crippen LogP) is 7.37. The second kappa shape index (κ2) is 16.7. The number of carbonyl (C=O) groups is 5. The zero-order valence-electron chi connectivity index (χ0n) is 35.7. The van der Waals surface area contributed by atoms with Gasteiger partial charge in [0.1, 0.15) is 17.6 Å². The van der Waals surface area contributed by atoms with Crippen LogP contribution in [0.15, 0.2) is 77.4 Å². The molecule has 4 aliphatic carbocycles. The van der Waals surface area contributed by atoms with E-state index in [4.69, 9.17) is 4.74 Å². The number of carbonyl (C=O) groups excluding carboxylic acids is 5. The Morgan fingerprint density at radius 2 is 1.73 bits per heavy atom. The zero-order valence-corrected chi connectivity index (χ0v) is 35.7. The van der Waals surface area contributed by atoms with Gasteiger partial charge in [0, 0.05) is 74.8 Å². The first-order chi connectivity index (χ1) is 28.3. The number of nitrogens with zero attached hydrogens (tertiary/aromatic N) is 1. The summed E-state index contributed by atoms with van der Waals surface area (Å²) < 4.78 is 7.35. The number of amides is 2. The highest BCUT2D eigenvalue weighted by Gasteiger charge is 2.61. The SMILES string of the molecule is CC(=O)CCC(=O)N[C@@H](Cc1ccc(C(=O)c2ccccc2)cc1)C(=O)NCCN1C[C@@H](C)C[C@H]2O[C@]3(CC[C@@H]4C(=C3C)C[C@H]3[C@H]4CC=C4CC(=O)CC[C@@]43C)[C@H](C)[C@@H]21. The van der Waals surface area contributed by atoms with Crippen LogP contribution < -0.4 is 10.6 Å². The summed E-state index contributed by atoms with van der Waals surface area (Å²) in [5.74, 6) is 2.25. The quantitative estimate of drug-likeness (QED) is 0.170. The summed E-state index contributed by atoms with van der Waals surface area (Å²) in [6, 6.07) is 15.7. The fraction of sp³-hybridized carbons (Fsp3) is 0.580. The van der Waals surface area contributed by atoms with E-state index in [0.717, 1.165) is 50.6 Å². The summed E-state index contributed by atoms with van der Waals surface area (Å²) in [5.41, 5.74) is 6.35. The molecule has 2 aliphatic heterocycles. The van der Waals surface area contributed by atoms with Gasteiger partial charge in [0.2, 0.25) is 11.8 Å². The molecule has 0 aromatic heterocycles. The van der Waals surface area contributed by atoms with E-state index in [0.29, 0.717) is 72.4 Å². The molecule has 0 unspecified atom stereocenters. The smallest absolute Gasteiger partial charge is 0.242 e. The number of nitrogens with one attached hydrogen (secondary N) is 2. The molecule has 2 saturated heterocycles. The lowest BCUT2D eigenvalue weighted by molar-refractivity contribution is -0.129. The monoisotopic (exact) mass is 801 g/mol. The lowest BCUT2D eigenvalue weighted by Gasteiger charge is -2.47. The largest absolute Gasteiger partial charge is 0.365 e. The molecule has 2 amide bonds. The van der Waals surface area contributed by atoms with Gasteiger partial charge in [-0.3, -0.25) is 24.1 Å². The summed E-state index contributed by atoms with van der Waals surface area (Å²) in [6.07, 6.45) is 10.8. The van der Waals surface area contributed by atoms with Crippen molar-refractivity contribution in [3.8, 4) is 0 Å². The molecule has 4 fully saturated rings. The summed E-state index contributed by atoms with van der Waals surface area (Å²) in [5, 5.41) is 6.05. The van der Waals surface area contributed by atoms with Gasteiger partial charge in [-0.15, -0.1) is 0 Å². The first-order valence-electron chi connectivity index (χ1n) is 22.4. The third-order valence-corrected chi connectivity index (χ3v) is 15.7. The molecule has 59 heavy (non-hydrogen) atoms. The van der Waals surface area contributed by atoms with Gasteiger partial charge in [0.15, 0.2) is 5.78 Å². The molecule has 2 aromatic rings. The Morgan fingerprint density at radius 3 is 2.47 bits per heavy atom. The number of fused-ring (bicyclic) bond motifs is 6. The van der Waals surface area contributed by atoms with Crippen LogP contribution in [0, 0.1) is 35.0 Å². The fourth-order valence-electron chi connectivity index (χ4n) is 12.6. The van der Waals surface area contributed by atoms with E-state index >= 15 is 0 Å². The van der Waals surface area contributed by atoms with Gasteiger partial charge in [-0.05, 0) is 92.6 Å². The van der Waals surface area contributed by atoms with Gasteiger partial charge in [-0.1, -0.05) is 92.6 Å². The Balaban J connectivity index is 0.939. The van der Waals surface area contributed by atoms with Crippen LogP contribution >= 0.6 is 0 Å². The van der Waals surface area contributed by atoms with E-state index in [1.807, 2.05) is 30.3 Å². The van der Waals surface area contributed by atoms with E-state index < -0.39 is 6.04 Å². The number of rotatable bonds is 12.